The minimum Gasteiger partial charge on any atom is -0.481 e. The highest BCUT2D eigenvalue weighted by Gasteiger charge is 2.04. The second-order valence-corrected chi connectivity index (χ2v) is 4.77. The summed E-state index contributed by atoms with van der Waals surface area (Å²) in [6.07, 6.45) is 4.84. The lowest BCUT2D eigenvalue weighted by Gasteiger charge is -2.06. The first-order chi connectivity index (χ1) is 10.1. The van der Waals surface area contributed by atoms with Crippen LogP contribution in [-0.4, -0.2) is 17.0 Å². The number of carboxylic acid groups (broad SMARTS) is 1. The summed E-state index contributed by atoms with van der Waals surface area (Å²) in [5.41, 5.74) is 2.65. The molecule has 5 heteroatoms. The maximum Gasteiger partial charge on any atom is 0.303 e. The Kier molecular flexibility index (Phi) is 5.15. The zero-order valence-electron chi connectivity index (χ0n) is 11.5. The number of carboxylic acids is 1. The van der Waals surface area contributed by atoms with Crippen LogP contribution in [0.1, 0.15) is 24.0 Å². The molecule has 0 atom stereocenters. The summed E-state index contributed by atoms with van der Waals surface area (Å²) in [4.78, 5) is 22.3. The highest BCUT2D eigenvalue weighted by molar-refractivity contribution is 5.90. The zero-order valence-corrected chi connectivity index (χ0v) is 11.5. The van der Waals surface area contributed by atoms with Gasteiger partial charge in [0.25, 0.3) is 0 Å². The Hall–Kier alpha value is -2.56. The fraction of sp³-hybridized carbons (Fsp3) is 0.250. The van der Waals surface area contributed by atoms with Crippen LogP contribution in [0.4, 0.5) is 5.69 Å². The summed E-state index contributed by atoms with van der Waals surface area (Å²) in [7, 11) is 0. The number of nitrogens with one attached hydrogen (secondary N) is 1. The summed E-state index contributed by atoms with van der Waals surface area (Å²) in [6.45, 7) is 0. The molecule has 0 saturated carbocycles. The SMILES string of the molecule is O=C(O)CCc1ccc(NC(=O)CCc2ccoc2)cc1. The van der Waals surface area contributed by atoms with Crippen molar-refractivity contribution < 1.29 is 19.1 Å². The van der Waals surface area contributed by atoms with Gasteiger partial charge in [-0.25, -0.2) is 0 Å². The monoisotopic (exact) mass is 287 g/mol. The smallest absolute Gasteiger partial charge is 0.303 e. The molecule has 5 nitrogen and oxygen atoms in total. The van der Waals surface area contributed by atoms with Gasteiger partial charge in [0.15, 0.2) is 0 Å². The molecule has 2 N–H and O–H groups in total. The van der Waals surface area contributed by atoms with Crippen molar-refractivity contribution in [1.29, 1.82) is 0 Å². The van der Waals surface area contributed by atoms with Gasteiger partial charge in [0.05, 0.1) is 12.5 Å². The molecule has 0 aliphatic rings. The Morgan fingerprint density at radius 3 is 2.33 bits per heavy atom. The van der Waals surface area contributed by atoms with Gasteiger partial charge in [-0.3, -0.25) is 9.59 Å². The molecule has 1 heterocycles. The van der Waals surface area contributed by atoms with Crippen molar-refractivity contribution in [2.45, 2.75) is 25.7 Å². The van der Waals surface area contributed by atoms with E-state index in [-0.39, 0.29) is 12.3 Å². The number of carbonyl (C=O) groups excluding carboxylic acids is 1. The van der Waals surface area contributed by atoms with Gasteiger partial charge in [-0.1, -0.05) is 12.1 Å². The molecule has 0 bridgehead atoms. The van der Waals surface area contributed by atoms with Crippen LogP contribution in [0.25, 0.3) is 0 Å². The predicted octanol–water partition coefficient (Wildman–Crippen LogP) is 2.87. The Morgan fingerprint density at radius 1 is 1.00 bits per heavy atom. The van der Waals surface area contributed by atoms with E-state index in [4.69, 9.17) is 9.52 Å². The topological polar surface area (TPSA) is 79.5 Å². The van der Waals surface area contributed by atoms with Gasteiger partial charge < -0.3 is 14.8 Å². The lowest BCUT2D eigenvalue weighted by Crippen LogP contribution is -2.12. The maximum absolute atomic E-state index is 11.8. The fourth-order valence-electron chi connectivity index (χ4n) is 1.92. The Bertz CT molecular complexity index is 587. The summed E-state index contributed by atoms with van der Waals surface area (Å²) >= 11 is 0. The number of anilines is 1. The van der Waals surface area contributed by atoms with Crippen LogP contribution in [0.2, 0.25) is 0 Å². The molecule has 1 amide bonds. The van der Waals surface area contributed by atoms with Crippen molar-refractivity contribution >= 4 is 17.6 Å². The van der Waals surface area contributed by atoms with E-state index in [9.17, 15) is 9.59 Å². The van der Waals surface area contributed by atoms with Gasteiger partial charge in [-0.05, 0) is 42.2 Å². The minimum absolute atomic E-state index is 0.0607. The van der Waals surface area contributed by atoms with Gasteiger partial charge in [0.1, 0.15) is 0 Å². The number of benzene rings is 1. The van der Waals surface area contributed by atoms with E-state index < -0.39 is 5.97 Å². The van der Waals surface area contributed by atoms with Crippen LogP contribution in [0.3, 0.4) is 0 Å². The molecule has 0 aliphatic heterocycles. The average molecular weight is 287 g/mol. The molecule has 0 radical (unpaired) electrons. The maximum atomic E-state index is 11.8. The second-order valence-electron chi connectivity index (χ2n) is 4.77. The predicted molar refractivity (Wildman–Crippen MR) is 78.1 cm³/mol. The standard InChI is InChI=1S/C16H17NO4/c18-15(7-3-13-9-10-21-11-13)17-14-5-1-12(2-6-14)4-8-16(19)20/h1-2,5-6,9-11H,3-4,7-8H2,(H,17,18)(H,19,20). The normalized spacial score (nSPS) is 10.3. The number of hydrogen-bond acceptors (Lipinski definition) is 3. The van der Waals surface area contributed by atoms with Crippen molar-refractivity contribution in [3.63, 3.8) is 0 Å². The summed E-state index contributed by atoms with van der Waals surface area (Å²) < 4.78 is 4.94. The minimum atomic E-state index is -0.813. The Balaban J connectivity index is 1.79. The summed E-state index contributed by atoms with van der Waals surface area (Å²) in [5.74, 6) is -0.874. The lowest BCUT2D eigenvalue weighted by molar-refractivity contribution is -0.137. The largest absolute Gasteiger partial charge is 0.481 e. The number of aryl methyl sites for hydroxylation is 2. The number of hydrogen-bond donors (Lipinski definition) is 2. The van der Waals surface area contributed by atoms with Crippen molar-refractivity contribution in [2.75, 3.05) is 5.32 Å². The second kappa shape index (κ2) is 7.28. The molecule has 0 unspecified atom stereocenters. The van der Waals surface area contributed by atoms with Crippen molar-refractivity contribution in [1.82, 2.24) is 0 Å². The summed E-state index contributed by atoms with van der Waals surface area (Å²) in [5, 5.41) is 11.4. The van der Waals surface area contributed by atoms with E-state index in [0.717, 1.165) is 11.1 Å². The number of amides is 1. The fourth-order valence-corrected chi connectivity index (χ4v) is 1.92. The van der Waals surface area contributed by atoms with Crippen molar-refractivity contribution in [2.24, 2.45) is 0 Å². The first kappa shape index (κ1) is 14.8. The van der Waals surface area contributed by atoms with Crippen LogP contribution < -0.4 is 5.32 Å². The van der Waals surface area contributed by atoms with E-state index in [2.05, 4.69) is 5.32 Å². The molecule has 2 rings (SSSR count). The zero-order chi connectivity index (χ0) is 15.1. The van der Waals surface area contributed by atoms with Crippen LogP contribution in [0.5, 0.6) is 0 Å². The number of rotatable bonds is 7. The Morgan fingerprint density at radius 2 is 1.71 bits per heavy atom. The average Bonchev–Trinajstić information content (AvgIpc) is 2.98. The highest BCUT2D eigenvalue weighted by Crippen LogP contribution is 2.12. The van der Waals surface area contributed by atoms with Crippen molar-refractivity contribution in [3.05, 3.63) is 54.0 Å². The van der Waals surface area contributed by atoms with Gasteiger partial charge in [-0.2, -0.15) is 0 Å². The third-order valence-corrected chi connectivity index (χ3v) is 3.09. The van der Waals surface area contributed by atoms with E-state index >= 15 is 0 Å². The van der Waals surface area contributed by atoms with E-state index in [1.807, 2.05) is 18.2 Å². The highest BCUT2D eigenvalue weighted by atomic mass is 16.4. The molecule has 2 aromatic rings. The molecule has 0 aliphatic carbocycles. The third-order valence-electron chi connectivity index (χ3n) is 3.09. The molecular formula is C16H17NO4. The van der Waals surface area contributed by atoms with Gasteiger partial charge in [-0.15, -0.1) is 0 Å². The van der Waals surface area contributed by atoms with E-state index in [1.165, 1.54) is 0 Å². The summed E-state index contributed by atoms with van der Waals surface area (Å²) in [6, 6.07) is 9.06. The first-order valence-electron chi connectivity index (χ1n) is 6.75. The number of carbonyl (C=O) groups is 2. The Labute approximate surface area is 122 Å². The molecule has 110 valence electrons. The molecule has 0 fully saturated rings. The first-order valence-corrected chi connectivity index (χ1v) is 6.75. The van der Waals surface area contributed by atoms with Crippen LogP contribution in [0, 0.1) is 0 Å². The van der Waals surface area contributed by atoms with Gasteiger partial charge >= 0.3 is 5.97 Å². The number of furan rings is 1. The molecule has 1 aromatic carbocycles. The molecule has 21 heavy (non-hydrogen) atoms. The van der Waals surface area contributed by atoms with Crippen LogP contribution >= 0.6 is 0 Å². The molecule has 1 aromatic heterocycles. The molecule has 0 spiro atoms. The molecule has 0 saturated heterocycles. The lowest BCUT2D eigenvalue weighted by atomic mass is 10.1. The van der Waals surface area contributed by atoms with Crippen molar-refractivity contribution in [3.8, 4) is 0 Å². The van der Waals surface area contributed by atoms with E-state index in [1.54, 1.807) is 24.7 Å². The third kappa shape index (κ3) is 5.14. The quantitative estimate of drug-likeness (QED) is 0.820. The van der Waals surface area contributed by atoms with Gasteiger partial charge in [0.2, 0.25) is 5.91 Å². The van der Waals surface area contributed by atoms with E-state index in [0.29, 0.717) is 24.9 Å². The molecular weight excluding hydrogens is 270 g/mol. The number of aliphatic carboxylic acids is 1. The van der Waals surface area contributed by atoms with Gasteiger partial charge in [0, 0.05) is 18.5 Å². The van der Waals surface area contributed by atoms with Crippen LogP contribution in [-0.2, 0) is 22.4 Å². The van der Waals surface area contributed by atoms with Crippen LogP contribution in [0.15, 0.2) is 47.3 Å².